The predicted molar refractivity (Wildman–Crippen MR) is 57.7 cm³/mol. The normalized spacial score (nSPS) is 11.1. The fourth-order valence-corrected chi connectivity index (χ4v) is 1.08. The summed E-state index contributed by atoms with van der Waals surface area (Å²) < 4.78 is 4.64. The van der Waals surface area contributed by atoms with Crippen molar-refractivity contribution in [3.63, 3.8) is 0 Å². The molecule has 0 aliphatic carbocycles. The highest BCUT2D eigenvalue weighted by molar-refractivity contribution is 5.97. The fraction of sp³-hybridized carbons (Fsp3) is 0.273. The summed E-state index contributed by atoms with van der Waals surface area (Å²) in [6, 6.07) is 3.47. The van der Waals surface area contributed by atoms with E-state index in [1.54, 1.807) is 19.1 Å². The van der Waals surface area contributed by atoms with E-state index in [1.807, 2.05) is 0 Å². The van der Waals surface area contributed by atoms with Gasteiger partial charge < -0.3 is 10.1 Å². The summed E-state index contributed by atoms with van der Waals surface area (Å²) in [6.07, 6.45) is 2.86. The fourth-order valence-electron chi connectivity index (χ4n) is 1.08. The van der Waals surface area contributed by atoms with Crippen molar-refractivity contribution in [1.29, 1.82) is 5.26 Å². The lowest BCUT2D eigenvalue weighted by atomic mass is 10.2. The molecular formula is C11H11N3O3. The average molecular weight is 233 g/mol. The van der Waals surface area contributed by atoms with Crippen LogP contribution in [0, 0.1) is 11.3 Å². The maximum absolute atomic E-state index is 11.6. The van der Waals surface area contributed by atoms with Gasteiger partial charge in [-0.15, -0.1) is 0 Å². The predicted octanol–water partition coefficient (Wildman–Crippen LogP) is 0.267. The molecule has 1 N–H and O–H groups in total. The van der Waals surface area contributed by atoms with E-state index in [-0.39, 0.29) is 12.2 Å². The molecule has 88 valence electrons. The number of nitrogens with one attached hydrogen (secondary N) is 1. The van der Waals surface area contributed by atoms with Gasteiger partial charge in [-0.05, 0) is 19.1 Å². The molecule has 0 bridgehead atoms. The van der Waals surface area contributed by atoms with Crippen molar-refractivity contribution in [2.75, 3.05) is 6.61 Å². The van der Waals surface area contributed by atoms with Crippen LogP contribution in [0.5, 0.6) is 0 Å². The van der Waals surface area contributed by atoms with Crippen LogP contribution in [0.25, 0.3) is 0 Å². The van der Waals surface area contributed by atoms with E-state index < -0.39 is 17.9 Å². The van der Waals surface area contributed by atoms with E-state index in [1.165, 1.54) is 18.5 Å². The van der Waals surface area contributed by atoms with Crippen LogP contribution in [-0.4, -0.2) is 29.5 Å². The first-order valence-corrected chi connectivity index (χ1v) is 4.96. The zero-order chi connectivity index (χ0) is 12.7. The Labute approximate surface area is 98.2 Å². The van der Waals surface area contributed by atoms with Gasteiger partial charge >= 0.3 is 5.97 Å². The number of carbonyl (C=O) groups excluding carboxylic acids is 2. The number of carbonyl (C=O) groups is 2. The zero-order valence-corrected chi connectivity index (χ0v) is 9.21. The number of pyridine rings is 1. The minimum Gasteiger partial charge on any atom is -0.464 e. The van der Waals surface area contributed by atoms with Crippen LogP contribution in [0.4, 0.5) is 0 Å². The third-order valence-electron chi connectivity index (χ3n) is 1.85. The van der Waals surface area contributed by atoms with E-state index in [0.717, 1.165) is 0 Å². The highest BCUT2D eigenvalue weighted by atomic mass is 16.5. The summed E-state index contributed by atoms with van der Waals surface area (Å²) in [4.78, 5) is 26.6. The lowest BCUT2D eigenvalue weighted by molar-refractivity contribution is -0.143. The Bertz CT molecular complexity index is 439. The molecule has 17 heavy (non-hydrogen) atoms. The number of rotatable bonds is 4. The molecule has 0 saturated carbocycles. The van der Waals surface area contributed by atoms with Gasteiger partial charge in [0.2, 0.25) is 6.04 Å². The molecule has 1 aromatic rings. The lowest BCUT2D eigenvalue weighted by Crippen LogP contribution is -2.40. The summed E-state index contributed by atoms with van der Waals surface area (Å²) in [6.45, 7) is 1.77. The van der Waals surface area contributed by atoms with Crippen molar-refractivity contribution < 1.29 is 14.3 Å². The molecule has 1 unspecified atom stereocenters. The van der Waals surface area contributed by atoms with Gasteiger partial charge in [-0.1, -0.05) is 0 Å². The van der Waals surface area contributed by atoms with Crippen molar-refractivity contribution in [1.82, 2.24) is 10.3 Å². The number of nitriles is 1. The topological polar surface area (TPSA) is 92.1 Å². The Morgan fingerprint density at radius 3 is 2.94 bits per heavy atom. The van der Waals surface area contributed by atoms with Gasteiger partial charge in [-0.2, -0.15) is 5.26 Å². The van der Waals surface area contributed by atoms with Crippen molar-refractivity contribution in [2.45, 2.75) is 13.0 Å². The van der Waals surface area contributed by atoms with Crippen molar-refractivity contribution in [3.8, 4) is 6.07 Å². The summed E-state index contributed by atoms with van der Waals surface area (Å²) >= 11 is 0. The molecule has 0 fully saturated rings. The van der Waals surface area contributed by atoms with E-state index in [9.17, 15) is 9.59 Å². The maximum Gasteiger partial charge on any atom is 0.343 e. The second kappa shape index (κ2) is 6.23. The Morgan fingerprint density at radius 1 is 1.65 bits per heavy atom. The molecule has 0 aromatic carbocycles. The molecule has 1 heterocycles. The Balaban J connectivity index is 2.67. The summed E-state index contributed by atoms with van der Waals surface area (Å²) in [5.74, 6) is -1.31. The summed E-state index contributed by atoms with van der Waals surface area (Å²) in [7, 11) is 0. The molecule has 1 rings (SSSR count). The van der Waals surface area contributed by atoms with Crippen LogP contribution in [0.1, 0.15) is 17.3 Å². The molecule has 0 saturated heterocycles. The van der Waals surface area contributed by atoms with E-state index in [2.05, 4.69) is 15.0 Å². The van der Waals surface area contributed by atoms with Gasteiger partial charge in [0.1, 0.15) is 0 Å². The first kappa shape index (κ1) is 12.6. The standard InChI is InChI=1S/C11H11N3O3/c1-2-17-11(16)9(6-12)14-10(15)8-4-3-5-13-7-8/h3-5,7,9H,2H2,1H3,(H,14,15). The van der Waals surface area contributed by atoms with Crippen LogP contribution in [0.2, 0.25) is 0 Å². The number of amides is 1. The molecule has 0 radical (unpaired) electrons. The van der Waals surface area contributed by atoms with Crippen molar-refractivity contribution in [3.05, 3.63) is 30.1 Å². The molecule has 6 nitrogen and oxygen atoms in total. The molecule has 0 aliphatic heterocycles. The van der Waals surface area contributed by atoms with Crippen LogP contribution >= 0.6 is 0 Å². The number of nitrogens with zero attached hydrogens (tertiary/aromatic N) is 2. The molecule has 1 atom stereocenters. The van der Waals surface area contributed by atoms with E-state index in [0.29, 0.717) is 0 Å². The lowest BCUT2D eigenvalue weighted by Gasteiger charge is -2.10. The minimum absolute atomic E-state index is 0.153. The number of hydrogen-bond donors (Lipinski definition) is 1. The molecule has 0 spiro atoms. The molecule has 1 amide bonds. The number of aromatic nitrogens is 1. The van der Waals surface area contributed by atoms with Crippen molar-refractivity contribution in [2.24, 2.45) is 0 Å². The molecule has 1 aromatic heterocycles. The van der Waals surface area contributed by atoms with Gasteiger partial charge in [0, 0.05) is 12.4 Å². The second-order valence-electron chi connectivity index (χ2n) is 3.03. The first-order valence-electron chi connectivity index (χ1n) is 4.96. The Hall–Kier alpha value is -2.42. The third kappa shape index (κ3) is 3.57. The highest BCUT2D eigenvalue weighted by Gasteiger charge is 2.21. The van der Waals surface area contributed by atoms with Crippen molar-refractivity contribution >= 4 is 11.9 Å². The van der Waals surface area contributed by atoms with E-state index >= 15 is 0 Å². The van der Waals surface area contributed by atoms with Crippen LogP contribution < -0.4 is 5.32 Å². The smallest absolute Gasteiger partial charge is 0.343 e. The molecule has 0 aliphatic rings. The van der Waals surface area contributed by atoms with Gasteiger partial charge in [-0.3, -0.25) is 9.78 Å². The van der Waals surface area contributed by atoms with Gasteiger partial charge in [0.15, 0.2) is 0 Å². The quantitative estimate of drug-likeness (QED) is 0.753. The Morgan fingerprint density at radius 2 is 2.41 bits per heavy atom. The second-order valence-corrected chi connectivity index (χ2v) is 3.03. The number of ether oxygens (including phenoxy) is 1. The number of hydrogen-bond acceptors (Lipinski definition) is 5. The third-order valence-corrected chi connectivity index (χ3v) is 1.85. The van der Waals surface area contributed by atoms with E-state index in [4.69, 9.17) is 5.26 Å². The highest BCUT2D eigenvalue weighted by Crippen LogP contribution is 1.97. The van der Waals surface area contributed by atoms with Crippen LogP contribution in [0.3, 0.4) is 0 Å². The maximum atomic E-state index is 11.6. The molecule has 6 heteroatoms. The van der Waals surface area contributed by atoms with Gasteiger partial charge in [0.25, 0.3) is 5.91 Å². The summed E-state index contributed by atoms with van der Waals surface area (Å²) in [5, 5.41) is 11.0. The monoisotopic (exact) mass is 233 g/mol. The SMILES string of the molecule is CCOC(=O)C(C#N)NC(=O)c1cccnc1. The minimum atomic E-state index is -1.30. The van der Waals surface area contributed by atoms with Gasteiger partial charge in [-0.25, -0.2) is 4.79 Å². The van der Waals surface area contributed by atoms with Gasteiger partial charge in [0.05, 0.1) is 18.2 Å². The number of esters is 1. The molecular weight excluding hydrogens is 222 g/mol. The Kier molecular flexibility index (Phi) is 4.63. The zero-order valence-electron chi connectivity index (χ0n) is 9.21. The summed E-state index contributed by atoms with van der Waals surface area (Å²) in [5.41, 5.74) is 0.275. The van der Waals surface area contributed by atoms with Crippen LogP contribution in [0.15, 0.2) is 24.5 Å². The average Bonchev–Trinajstić information content (AvgIpc) is 2.37. The largest absolute Gasteiger partial charge is 0.464 e. The first-order chi connectivity index (χ1) is 8.19. The van der Waals surface area contributed by atoms with Crippen LogP contribution in [-0.2, 0) is 9.53 Å².